The zero-order valence-electron chi connectivity index (χ0n) is 30.8. The van der Waals surface area contributed by atoms with Gasteiger partial charge in [0.2, 0.25) is 5.90 Å². The van der Waals surface area contributed by atoms with Crippen LogP contribution >= 0.6 is 0 Å². The second kappa shape index (κ2) is 20.3. The van der Waals surface area contributed by atoms with Crippen molar-refractivity contribution in [3.63, 3.8) is 0 Å². The second-order valence-corrected chi connectivity index (χ2v) is 12.6. The quantitative estimate of drug-likeness (QED) is 0.0239. The average Bonchev–Trinajstić information content (AvgIpc) is 3.26. The van der Waals surface area contributed by atoms with Crippen molar-refractivity contribution in [1.29, 1.82) is 0 Å². The summed E-state index contributed by atoms with van der Waals surface area (Å²) < 4.78 is 34.5. The topological polar surface area (TPSA) is 139 Å². The highest BCUT2D eigenvalue weighted by atomic mass is 16.6. The van der Waals surface area contributed by atoms with Crippen molar-refractivity contribution in [2.24, 2.45) is 5.16 Å². The maximum absolute atomic E-state index is 13.2. The molecule has 6 rings (SSSR count). The lowest BCUT2D eigenvalue weighted by Crippen LogP contribution is -2.17. The normalized spacial score (nSPS) is 10.9. The fourth-order valence-corrected chi connectivity index (χ4v) is 5.39. The van der Waals surface area contributed by atoms with Crippen LogP contribution in [-0.2, 0) is 40.7 Å². The molecular weight excluding hydrogens is 727 g/mol. The minimum absolute atomic E-state index is 0.0439. The van der Waals surface area contributed by atoms with Gasteiger partial charge in [-0.05, 0) is 58.7 Å². The molecule has 0 unspecified atom stereocenters. The van der Waals surface area contributed by atoms with Crippen LogP contribution in [0.4, 0.5) is 0 Å². The van der Waals surface area contributed by atoms with Crippen LogP contribution in [0.15, 0.2) is 163 Å². The molecule has 0 heterocycles. The first-order valence-electron chi connectivity index (χ1n) is 18.1. The maximum atomic E-state index is 13.2. The molecule has 11 nitrogen and oxygen atoms in total. The van der Waals surface area contributed by atoms with Crippen LogP contribution in [0.25, 0.3) is 0 Å². The van der Waals surface area contributed by atoms with Gasteiger partial charge in [-0.2, -0.15) is 0 Å². The molecule has 0 spiro atoms. The number of hydrogen-bond acceptors (Lipinski definition) is 11. The van der Waals surface area contributed by atoms with Crippen LogP contribution in [-0.4, -0.2) is 29.0 Å². The molecular formula is C46H39NO10. The third-order valence-corrected chi connectivity index (χ3v) is 8.38. The van der Waals surface area contributed by atoms with E-state index in [9.17, 15) is 19.6 Å². The number of nitrogens with zero attached hydrogens (tertiary/aromatic N) is 1. The number of hydrogen-bond donors (Lipinski definition) is 1. The molecule has 0 atom stereocenters. The predicted octanol–water partition coefficient (Wildman–Crippen LogP) is 9.11. The lowest BCUT2D eigenvalue weighted by molar-refractivity contribution is -0.137. The molecule has 0 saturated carbocycles. The summed E-state index contributed by atoms with van der Waals surface area (Å²) in [5, 5.41) is 12.7. The van der Waals surface area contributed by atoms with Gasteiger partial charge in [0.25, 0.3) is 0 Å². The third kappa shape index (κ3) is 12.0. The van der Waals surface area contributed by atoms with E-state index in [4.69, 9.17) is 28.4 Å². The van der Waals surface area contributed by atoms with Gasteiger partial charge in [0.1, 0.15) is 26.4 Å². The summed E-state index contributed by atoms with van der Waals surface area (Å²) in [7, 11) is 0. The molecule has 0 amide bonds. The Balaban J connectivity index is 1.06. The SMILES string of the molecule is O=C(CC/C(=N/O)OC(=O)c1ccc(OCc2ccccc2)c(OCc2ccccc2)c1)OC(=O)c1ccc(OCc2ccccc2)c(OCc2ccccc2)c1. The maximum Gasteiger partial charge on any atom is 0.345 e. The van der Waals surface area contributed by atoms with Crippen molar-refractivity contribution < 1.29 is 48.0 Å². The Kier molecular flexibility index (Phi) is 14.0. The Morgan fingerprint density at radius 3 is 1.14 bits per heavy atom. The predicted molar refractivity (Wildman–Crippen MR) is 210 cm³/mol. The fourth-order valence-electron chi connectivity index (χ4n) is 5.39. The van der Waals surface area contributed by atoms with Gasteiger partial charge in [0, 0.05) is 6.42 Å². The number of esters is 3. The summed E-state index contributed by atoms with van der Waals surface area (Å²) >= 11 is 0. The van der Waals surface area contributed by atoms with Crippen molar-refractivity contribution >= 4 is 23.8 Å². The Bertz CT molecular complexity index is 2260. The molecule has 11 heteroatoms. The van der Waals surface area contributed by atoms with Gasteiger partial charge < -0.3 is 33.6 Å². The van der Waals surface area contributed by atoms with Crippen LogP contribution in [0.2, 0.25) is 0 Å². The third-order valence-electron chi connectivity index (χ3n) is 8.38. The van der Waals surface area contributed by atoms with E-state index < -0.39 is 30.2 Å². The number of carbonyl (C=O) groups is 3. The molecule has 0 aliphatic carbocycles. The molecule has 0 aromatic heterocycles. The van der Waals surface area contributed by atoms with Crippen LogP contribution < -0.4 is 18.9 Å². The van der Waals surface area contributed by atoms with Gasteiger partial charge >= 0.3 is 17.9 Å². The zero-order chi connectivity index (χ0) is 39.7. The van der Waals surface area contributed by atoms with Gasteiger partial charge in [-0.1, -0.05) is 126 Å². The van der Waals surface area contributed by atoms with Gasteiger partial charge in [0.05, 0.1) is 17.5 Å². The number of rotatable bonds is 17. The van der Waals surface area contributed by atoms with Crippen molar-refractivity contribution in [3.05, 3.63) is 191 Å². The van der Waals surface area contributed by atoms with Gasteiger partial charge in [-0.15, -0.1) is 0 Å². The van der Waals surface area contributed by atoms with Crippen molar-refractivity contribution in [2.75, 3.05) is 0 Å². The first kappa shape index (κ1) is 39.3. The minimum atomic E-state index is -0.940. The molecule has 6 aromatic carbocycles. The highest BCUT2D eigenvalue weighted by molar-refractivity contribution is 6.00. The highest BCUT2D eigenvalue weighted by Gasteiger charge is 2.20. The lowest BCUT2D eigenvalue weighted by Gasteiger charge is -2.15. The van der Waals surface area contributed by atoms with E-state index >= 15 is 0 Å². The molecule has 0 aliphatic heterocycles. The molecule has 288 valence electrons. The van der Waals surface area contributed by atoms with Crippen LogP contribution in [0.3, 0.4) is 0 Å². The molecule has 0 aliphatic rings. The minimum Gasteiger partial charge on any atom is -0.485 e. The molecule has 57 heavy (non-hydrogen) atoms. The monoisotopic (exact) mass is 765 g/mol. The van der Waals surface area contributed by atoms with E-state index in [0.29, 0.717) is 17.2 Å². The molecule has 0 radical (unpaired) electrons. The van der Waals surface area contributed by atoms with E-state index in [1.54, 1.807) is 12.1 Å². The molecule has 0 bridgehead atoms. The van der Waals surface area contributed by atoms with E-state index in [0.717, 1.165) is 22.3 Å². The molecule has 6 aromatic rings. The average molecular weight is 766 g/mol. The number of ether oxygens (including phenoxy) is 6. The van der Waals surface area contributed by atoms with Crippen LogP contribution in [0, 0.1) is 0 Å². The summed E-state index contributed by atoms with van der Waals surface area (Å²) in [6.07, 6.45) is -0.784. The molecule has 0 fully saturated rings. The van der Waals surface area contributed by atoms with E-state index in [1.165, 1.54) is 24.3 Å². The van der Waals surface area contributed by atoms with Crippen LogP contribution in [0.5, 0.6) is 23.0 Å². The summed E-state index contributed by atoms with van der Waals surface area (Å²) in [6, 6.07) is 47.1. The molecule has 0 saturated heterocycles. The zero-order valence-corrected chi connectivity index (χ0v) is 30.8. The Morgan fingerprint density at radius 1 is 0.421 bits per heavy atom. The number of benzene rings is 6. The second-order valence-electron chi connectivity index (χ2n) is 12.6. The summed E-state index contributed by atoms with van der Waals surface area (Å²) in [4.78, 5) is 39.0. The molecule has 1 N–H and O–H groups in total. The summed E-state index contributed by atoms with van der Waals surface area (Å²) in [6.45, 7) is 0.946. The first-order chi connectivity index (χ1) is 27.9. The van der Waals surface area contributed by atoms with Crippen molar-refractivity contribution in [2.45, 2.75) is 39.3 Å². The Morgan fingerprint density at radius 2 is 0.772 bits per heavy atom. The Labute approximate surface area is 329 Å². The number of oxime groups is 1. The van der Waals surface area contributed by atoms with Crippen molar-refractivity contribution in [3.8, 4) is 23.0 Å². The fraction of sp³-hybridized carbons (Fsp3) is 0.130. The van der Waals surface area contributed by atoms with Crippen molar-refractivity contribution in [1.82, 2.24) is 0 Å². The summed E-state index contributed by atoms with van der Waals surface area (Å²) in [5.74, 6) is -1.84. The largest absolute Gasteiger partial charge is 0.485 e. The highest BCUT2D eigenvalue weighted by Crippen LogP contribution is 2.32. The summed E-state index contributed by atoms with van der Waals surface area (Å²) in [5.41, 5.74) is 3.81. The first-order valence-corrected chi connectivity index (χ1v) is 18.1. The van der Waals surface area contributed by atoms with Gasteiger partial charge in [-0.25, -0.2) is 9.59 Å². The van der Waals surface area contributed by atoms with Gasteiger partial charge in [0.15, 0.2) is 23.0 Å². The Hall–Kier alpha value is -7.40. The van der Waals surface area contributed by atoms with Gasteiger partial charge in [-0.3, -0.25) is 4.79 Å². The lowest BCUT2D eigenvalue weighted by atomic mass is 10.2. The van der Waals surface area contributed by atoms with E-state index in [1.807, 2.05) is 121 Å². The smallest absolute Gasteiger partial charge is 0.345 e. The van der Waals surface area contributed by atoms with E-state index in [2.05, 4.69) is 5.16 Å². The van der Waals surface area contributed by atoms with E-state index in [-0.39, 0.29) is 49.7 Å². The van der Waals surface area contributed by atoms with Crippen LogP contribution in [0.1, 0.15) is 55.8 Å². The number of carbonyl (C=O) groups excluding carboxylic acids is 3. The standard InChI is InChI=1S/C46H39NO10/c48-44(57-46(50)38-22-24-40(53-30-34-15-7-2-8-16-34)42(28-38)55-32-36-19-11-4-12-20-36)26-25-43(47-51)56-45(49)37-21-23-39(52-29-33-13-5-1-6-14-33)41(27-37)54-31-35-17-9-3-10-18-35/h1-24,27-28,51H,25-26,29-32H2/b47-43-.